The second-order valence-electron chi connectivity index (χ2n) is 2.51. The van der Waals surface area contributed by atoms with Gasteiger partial charge < -0.3 is 26.4 Å². The molecule has 0 aliphatic carbocycles. The molecule has 0 amide bonds. The van der Waals surface area contributed by atoms with Crippen LogP contribution in [0.5, 0.6) is 0 Å². The van der Waals surface area contributed by atoms with E-state index in [0.717, 1.165) is 0 Å². The van der Waals surface area contributed by atoms with Crippen molar-refractivity contribution in [2.24, 2.45) is 10.8 Å². The summed E-state index contributed by atoms with van der Waals surface area (Å²) in [5, 5.41) is 26.4. The van der Waals surface area contributed by atoms with Crippen LogP contribution in [0.15, 0.2) is 29.4 Å². The molecule has 0 saturated heterocycles. The highest BCUT2D eigenvalue weighted by molar-refractivity contribution is 6.01. The Labute approximate surface area is 74.0 Å². The van der Waals surface area contributed by atoms with Gasteiger partial charge in [0.05, 0.1) is 11.4 Å². The van der Waals surface area contributed by atoms with Gasteiger partial charge in [0.15, 0.2) is 0 Å². The number of guanidine groups is 1. The van der Waals surface area contributed by atoms with Crippen LogP contribution in [0.2, 0.25) is 0 Å². The number of anilines is 2. The van der Waals surface area contributed by atoms with E-state index < -0.39 is 0 Å². The average molecular weight is 178 g/mol. The highest BCUT2D eigenvalue weighted by atomic mass is 16.5. The molecule has 0 radical (unpaired) electrons. The van der Waals surface area contributed by atoms with Crippen molar-refractivity contribution in [2.45, 2.75) is 0 Å². The van der Waals surface area contributed by atoms with E-state index in [1.165, 1.54) is 12.1 Å². The number of hydrazone groups is 1. The fraction of sp³-hybridized carbons (Fsp3) is 0. The molecule has 0 saturated carbocycles. The maximum absolute atomic E-state index is 11.3. The SMILES string of the molecule is NC1=NN([O-])c2ccccc2N1[O-]. The molecule has 68 valence electrons. The van der Waals surface area contributed by atoms with Crippen molar-refractivity contribution >= 4 is 17.3 Å². The minimum absolute atomic E-state index is 0.201. The van der Waals surface area contributed by atoms with Gasteiger partial charge in [-0.2, -0.15) is 0 Å². The molecule has 2 rings (SSSR count). The van der Waals surface area contributed by atoms with Gasteiger partial charge in [-0.1, -0.05) is 12.1 Å². The summed E-state index contributed by atoms with van der Waals surface area (Å²) < 4.78 is 0. The second-order valence-corrected chi connectivity index (χ2v) is 2.51. The Morgan fingerprint density at radius 3 is 2.46 bits per heavy atom. The molecule has 1 aliphatic rings. The molecule has 13 heavy (non-hydrogen) atoms. The maximum atomic E-state index is 11.3. The van der Waals surface area contributed by atoms with E-state index in [1.807, 2.05) is 0 Å². The van der Waals surface area contributed by atoms with Gasteiger partial charge in [-0.3, -0.25) is 0 Å². The third-order valence-corrected chi connectivity index (χ3v) is 1.71. The fourth-order valence-electron chi connectivity index (χ4n) is 1.11. The first kappa shape index (κ1) is 7.84. The number of nitrogens with two attached hydrogens (primary N) is 1. The molecular weight excluding hydrogens is 172 g/mol. The van der Waals surface area contributed by atoms with E-state index in [-0.39, 0.29) is 17.3 Å². The van der Waals surface area contributed by atoms with Gasteiger partial charge in [-0.05, 0) is 12.1 Å². The first-order valence-corrected chi connectivity index (χ1v) is 3.58. The summed E-state index contributed by atoms with van der Waals surface area (Å²) in [6.07, 6.45) is 0. The Morgan fingerprint density at radius 1 is 1.15 bits per heavy atom. The monoisotopic (exact) mass is 178 g/mol. The Kier molecular flexibility index (Phi) is 1.57. The molecule has 1 aromatic carbocycles. The fourth-order valence-corrected chi connectivity index (χ4v) is 1.11. The summed E-state index contributed by atoms with van der Waals surface area (Å²) >= 11 is 0. The van der Waals surface area contributed by atoms with Crippen LogP contribution in [-0.4, -0.2) is 5.96 Å². The number of hydroxylamine groups is 1. The van der Waals surface area contributed by atoms with E-state index in [4.69, 9.17) is 5.73 Å². The van der Waals surface area contributed by atoms with E-state index in [2.05, 4.69) is 5.10 Å². The van der Waals surface area contributed by atoms with Crippen LogP contribution in [0.4, 0.5) is 11.4 Å². The molecule has 0 spiro atoms. The average Bonchev–Trinajstić information content (AvgIpc) is 2.15. The van der Waals surface area contributed by atoms with Crippen LogP contribution in [0.1, 0.15) is 0 Å². The second kappa shape index (κ2) is 2.61. The molecular formula is C7H6N4O2-2. The molecule has 0 bridgehead atoms. The van der Waals surface area contributed by atoms with Crippen LogP contribution in [0, 0.1) is 10.4 Å². The molecule has 6 nitrogen and oxygen atoms in total. The van der Waals surface area contributed by atoms with Gasteiger partial charge in [-0.25, -0.2) is 0 Å². The summed E-state index contributed by atoms with van der Waals surface area (Å²) in [6.45, 7) is 0. The van der Waals surface area contributed by atoms with Crippen molar-refractivity contribution in [1.29, 1.82) is 0 Å². The minimum Gasteiger partial charge on any atom is -0.752 e. The van der Waals surface area contributed by atoms with Gasteiger partial charge in [0, 0.05) is 0 Å². The number of rotatable bonds is 0. The Morgan fingerprint density at radius 2 is 1.77 bits per heavy atom. The van der Waals surface area contributed by atoms with Crippen LogP contribution >= 0.6 is 0 Å². The van der Waals surface area contributed by atoms with Crippen LogP contribution in [-0.2, 0) is 0 Å². The van der Waals surface area contributed by atoms with Crippen molar-refractivity contribution in [1.82, 2.24) is 0 Å². The normalized spacial score (nSPS) is 15.4. The Bertz CT molecular complexity index is 365. The zero-order chi connectivity index (χ0) is 9.42. The van der Waals surface area contributed by atoms with Crippen molar-refractivity contribution in [3.63, 3.8) is 0 Å². The number of hydrogen-bond acceptors (Lipinski definition) is 6. The number of benzene rings is 1. The standard InChI is InChI=1S/C7H6N4O2/c8-7-9-11(13)6-4-2-1-3-5(6)10(7)12/h1-4H,(H2,8,9)/q-2. The summed E-state index contributed by atoms with van der Waals surface area (Å²) in [4.78, 5) is 0. The minimum atomic E-state index is -0.353. The largest absolute Gasteiger partial charge is 0.752 e. The summed E-state index contributed by atoms with van der Waals surface area (Å²) in [5.74, 6) is -0.353. The first-order valence-electron chi connectivity index (χ1n) is 3.58. The smallest absolute Gasteiger partial charge is 0.207 e. The Hall–Kier alpha value is -1.79. The molecule has 0 aromatic heterocycles. The van der Waals surface area contributed by atoms with Gasteiger partial charge in [0.1, 0.15) is 0 Å². The van der Waals surface area contributed by atoms with Crippen LogP contribution in [0.3, 0.4) is 0 Å². The number of hydrogen-bond donors (Lipinski definition) is 1. The lowest BCUT2D eigenvalue weighted by atomic mass is 10.2. The Balaban J connectivity index is 2.55. The first-order chi connectivity index (χ1) is 6.20. The summed E-state index contributed by atoms with van der Waals surface area (Å²) in [6, 6.07) is 6.31. The molecule has 1 aliphatic heterocycles. The van der Waals surface area contributed by atoms with Gasteiger partial charge in [0.2, 0.25) is 5.96 Å². The molecule has 0 fully saturated rings. The number of fused-ring (bicyclic) bond motifs is 1. The number of nitrogens with zero attached hydrogens (tertiary/aromatic N) is 3. The maximum Gasteiger partial charge on any atom is 0.207 e. The lowest BCUT2D eigenvalue weighted by Crippen LogP contribution is -2.38. The van der Waals surface area contributed by atoms with Crippen LogP contribution < -0.4 is 16.0 Å². The van der Waals surface area contributed by atoms with E-state index in [0.29, 0.717) is 10.2 Å². The predicted molar refractivity (Wildman–Crippen MR) is 49.8 cm³/mol. The molecule has 6 heteroatoms. The predicted octanol–water partition coefficient (Wildman–Crippen LogP) is 0.538. The van der Waals surface area contributed by atoms with Gasteiger partial charge in [-0.15, -0.1) is 5.10 Å². The molecule has 0 unspecified atom stereocenters. The van der Waals surface area contributed by atoms with Gasteiger partial charge in [0.25, 0.3) is 0 Å². The third kappa shape index (κ3) is 1.08. The van der Waals surface area contributed by atoms with E-state index >= 15 is 0 Å². The highest BCUT2D eigenvalue weighted by Crippen LogP contribution is 2.31. The lowest BCUT2D eigenvalue weighted by molar-refractivity contribution is 1.03. The highest BCUT2D eigenvalue weighted by Gasteiger charge is 2.12. The van der Waals surface area contributed by atoms with E-state index in [1.54, 1.807) is 12.1 Å². The molecule has 1 aromatic rings. The topological polar surface area (TPSA) is 91.0 Å². The quantitative estimate of drug-likeness (QED) is 0.625. The molecule has 0 atom stereocenters. The van der Waals surface area contributed by atoms with Crippen molar-refractivity contribution in [3.8, 4) is 0 Å². The van der Waals surface area contributed by atoms with Crippen LogP contribution in [0.25, 0.3) is 0 Å². The lowest BCUT2D eigenvalue weighted by Gasteiger charge is -2.40. The molecule has 2 N–H and O–H groups in total. The zero-order valence-corrected chi connectivity index (χ0v) is 6.54. The number of para-hydroxylation sites is 2. The summed E-state index contributed by atoms with van der Waals surface area (Å²) in [5.41, 5.74) is 5.62. The summed E-state index contributed by atoms with van der Waals surface area (Å²) in [7, 11) is 0. The van der Waals surface area contributed by atoms with Crippen molar-refractivity contribution in [2.75, 3.05) is 10.2 Å². The van der Waals surface area contributed by atoms with Gasteiger partial charge >= 0.3 is 0 Å². The third-order valence-electron chi connectivity index (χ3n) is 1.71. The molecule has 1 heterocycles. The van der Waals surface area contributed by atoms with Crippen molar-refractivity contribution < 1.29 is 0 Å². The van der Waals surface area contributed by atoms with Crippen molar-refractivity contribution in [3.05, 3.63) is 34.7 Å². The van der Waals surface area contributed by atoms with E-state index in [9.17, 15) is 10.4 Å². The zero-order valence-electron chi connectivity index (χ0n) is 6.54.